The number of nitrogens with one attached hydrogen (secondary N) is 1. The van der Waals surface area contributed by atoms with Crippen LogP contribution >= 0.6 is 11.6 Å². The normalized spacial score (nSPS) is 10.7. The first-order valence-corrected chi connectivity index (χ1v) is 9.12. The highest BCUT2D eigenvalue weighted by atomic mass is 35.5. The molecule has 0 saturated heterocycles. The van der Waals surface area contributed by atoms with E-state index < -0.39 is 5.91 Å². The average molecular weight is 391 g/mol. The molecule has 0 aromatic heterocycles. The highest BCUT2D eigenvalue weighted by Gasteiger charge is 2.18. The van der Waals surface area contributed by atoms with Crippen LogP contribution in [0.3, 0.4) is 0 Å². The van der Waals surface area contributed by atoms with Gasteiger partial charge in [-0.1, -0.05) is 23.7 Å². The summed E-state index contributed by atoms with van der Waals surface area (Å²) in [5, 5.41) is 4.57. The van der Waals surface area contributed by atoms with Gasteiger partial charge < -0.3 is 14.2 Å². The topological polar surface area (TPSA) is 69.2 Å². The van der Waals surface area contributed by atoms with Gasteiger partial charge in [0.15, 0.2) is 11.5 Å². The third-order valence-electron chi connectivity index (χ3n) is 3.40. The first-order valence-electron chi connectivity index (χ1n) is 8.74. The van der Waals surface area contributed by atoms with E-state index in [-0.39, 0.29) is 0 Å². The zero-order chi connectivity index (χ0) is 19.6. The Bertz CT molecular complexity index is 781. The molecule has 0 spiro atoms. The highest BCUT2D eigenvalue weighted by Crippen LogP contribution is 2.39. The lowest BCUT2D eigenvalue weighted by atomic mass is 10.1. The fourth-order valence-corrected chi connectivity index (χ4v) is 2.54. The van der Waals surface area contributed by atoms with Gasteiger partial charge in [0.05, 0.1) is 26.0 Å². The van der Waals surface area contributed by atoms with E-state index in [9.17, 15) is 4.79 Å². The predicted molar refractivity (Wildman–Crippen MR) is 106 cm³/mol. The molecule has 144 valence electrons. The first kappa shape index (κ1) is 20.6. The number of carbonyl (C=O) groups is 1. The van der Waals surface area contributed by atoms with Crippen molar-refractivity contribution in [3.8, 4) is 17.2 Å². The number of ether oxygens (including phenoxy) is 3. The van der Waals surface area contributed by atoms with E-state index in [0.29, 0.717) is 47.7 Å². The molecule has 0 aliphatic carbocycles. The van der Waals surface area contributed by atoms with Crippen molar-refractivity contribution in [3.63, 3.8) is 0 Å². The van der Waals surface area contributed by atoms with Gasteiger partial charge in [-0.15, -0.1) is 0 Å². The summed E-state index contributed by atoms with van der Waals surface area (Å²) in [6.45, 7) is 6.91. The number of amides is 1. The van der Waals surface area contributed by atoms with Gasteiger partial charge in [0.2, 0.25) is 5.75 Å². The van der Waals surface area contributed by atoms with Gasteiger partial charge in [-0.3, -0.25) is 4.79 Å². The zero-order valence-electron chi connectivity index (χ0n) is 15.6. The monoisotopic (exact) mass is 390 g/mol. The van der Waals surface area contributed by atoms with Crippen molar-refractivity contribution in [2.75, 3.05) is 19.8 Å². The molecule has 2 aromatic rings. The maximum atomic E-state index is 12.5. The predicted octanol–water partition coefficient (Wildman–Crippen LogP) is 4.30. The lowest BCUT2D eigenvalue weighted by Crippen LogP contribution is -2.18. The number of nitrogens with zero attached hydrogens (tertiary/aromatic N) is 1. The Morgan fingerprint density at radius 1 is 1.04 bits per heavy atom. The van der Waals surface area contributed by atoms with E-state index in [1.165, 1.54) is 6.21 Å². The minimum Gasteiger partial charge on any atom is -0.490 e. The number of rotatable bonds is 9. The highest BCUT2D eigenvalue weighted by molar-refractivity contribution is 6.30. The van der Waals surface area contributed by atoms with Crippen molar-refractivity contribution in [1.29, 1.82) is 0 Å². The van der Waals surface area contributed by atoms with Crippen LogP contribution in [0.5, 0.6) is 17.2 Å². The van der Waals surface area contributed by atoms with Crippen molar-refractivity contribution in [2.45, 2.75) is 20.8 Å². The number of benzene rings is 2. The second-order valence-electron chi connectivity index (χ2n) is 5.35. The van der Waals surface area contributed by atoms with Crippen LogP contribution in [0.15, 0.2) is 41.5 Å². The number of hydrogen-bond acceptors (Lipinski definition) is 5. The SMILES string of the molecule is CCOc1cc(C(=O)N/N=C\c2cccc(Cl)c2)cc(OCC)c1OCC. The second kappa shape index (κ2) is 10.4. The summed E-state index contributed by atoms with van der Waals surface area (Å²) in [5.74, 6) is 1.00. The maximum Gasteiger partial charge on any atom is 0.271 e. The van der Waals surface area contributed by atoms with Gasteiger partial charge in [-0.05, 0) is 50.6 Å². The molecule has 1 N–H and O–H groups in total. The molecule has 2 aromatic carbocycles. The molecule has 27 heavy (non-hydrogen) atoms. The van der Waals surface area contributed by atoms with Crippen LogP contribution < -0.4 is 19.6 Å². The van der Waals surface area contributed by atoms with Crippen molar-refractivity contribution in [1.82, 2.24) is 5.43 Å². The molecule has 0 radical (unpaired) electrons. The summed E-state index contributed by atoms with van der Waals surface area (Å²) in [7, 11) is 0. The van der Waals surface area contributed by atoms with Gasteiger partial charge in [0, 0.05) is 10.6 Å². The Kier molecular flexibility index (Phi) is 7.95. The van der Waals surface area contributed by atoms with Crippen molar-refractivity contribution >= 4 is 23.7 Å². The molecule has 0 aliphatic rings. The number of hydrazone groups is 1. The molecule has 0 aliphatic heterocycles. The molecule has 0 atom stereocenters. The second-order valence-corrected chi connectivity index (χ2v) is 5.79. The molecular weight excluding hydrogens is 368 g/mol. The van der Waals surface area contributed by atoms with Crippen LogP contribution in [0.2, 0.25) is 5.02 Å². The molecule has 0 fully saturated rings. The van der Waals surface area contributed by atoms with Crippen molar-refractivity contribution in [2.24, 2.45) is 5.10 Å². The van der Waals surface area contributed by atoms with Crippen LogP contribution in [0.1, 0.15) is 36.7 Å². The van der Waals surface area contributed by atoms with E-state index in [4.69, 9.17) is 25.8 Å². The summed E-state index contributed by atoms with van der Waals surface area (Å²) >= 11 is 5.93. The van der Waals surface area contributed by atoms with Crippen LogP contribution in [-0.4, -0.2) is 31.9 Å². The quantitative estimate of drug-likeness (QED) is 0.512. The molecule has 0 unspecified atom stereocenters. The van der Waals surface area contributed by atoms with Crippen LogP contribution in [-0.2, 0) is 0 Å². The summed E-state index contributed by atoms with van der Waals surface area (Å²) in [6.07, 6.45) is 1.52. The lowest BCUT2D eigenvalue weighted by molar-refractivity contribution is 0.0954. The van der Waals surface area contributed by atoms with Crippen molar-refractivity contribution in [3.05, 3.63) is 52.5 Å². The molecule has 7 heteroatoms. The number of hydrogen-bond donors (Lipinski definition) is 1. The van der Waals surface area contributed by atoms with E-state index in [1.54, 1.807) is 30.3 Å². The molecule has 1 amide bonds. The molecule has 0 saturated carbocycles. The minimum absolute atomic E-state index is 0.355. The van der Waals surface area contributed by atoms with Crippen LogP contribution in [0.25, 0.3) is 0 Å². The number of carbonyl (C=O) groups excluding carboxylic acids is 1. The van der Waals surface area contributed by atoms with Gasteiger partial charge in [-0.25, -0.2) is 5.43 Å². The Morgan fingerprint density at radius 3 is 2.22 bits per heavy atom. The van der Waals surface area contributed by atoms with Gasteiger partial charge in [0.25, 0.3) is 5.91 Å². The minimum atomic E-state index is -0.391. The summed E-state index contributed by atoms with van der Waals surface area (Å²) in [4.78, 5) is 12.5. The van der Waals surface area contributed by atoms with Crippen molar-refractivity contribution < 1.29 is 19.0 Å². The standard InChI is InChI=1S/C20H23ClN2O4/c1-4-25-17-11-15(12-18(26-5-2)19(17)27-6-3)20(24)23-22-13-14-8-7-9-16(21)10-14/h7-13H,4-6H2,1-3H3,(H,23,24)/b22-13-. The third kappa shape index (κ3) is 5.89. The van der Waals surface area contributed by atoms with E-state index in [2.05, 4.69) is 10.5 Å². The average Bonchev–Trinajstić information content (AvgIpc) is 2.64. The number of halogens is 1. The maximum absolute atomic E-state index is 12.5. The molecule has 0 bridgehead atoms. The summed E-state index contributed by atoms with van der Waals surface area (Å²) in [6, 6.07) is 10.4. The molecule has 6 nitrogen and oxygen atoms in total. The molecular formula is C20H23ClN2O4. The fraction of sp³-hybridized carbons (Fsp3) is 0.300. The van der Waals surface area contributed by atoms with Crippen LogP contribution in [0.4, 0.5) is 0 Å². The third-order valence-corrected chi connectivity index (χ3v) is 3.63. The largest absolute Gasteiger partial charge is 0.490 e. The Balaban J connectivity index is 2.23. The van der Waals surface area contributed by atoms with Crippen LogP contribution in [0, 0.1) is 0 Å². The molecule has 0 heterocycles. The van der Waals surface area contributed by atoms with E-state index in [0.717, 1.165) is 5.56 Å². The Labute approximate surface area is 164 Å². The zero-order valence-corrected chi connectivity index (χ0v) is 16.4. The van der Waals surface area contributed by atoms with Gasteiger partial charge >= 0.3 is 0 Å². The Morgan fingerprint density at radius 2 is 1.67 bits per heavy atom. The lowest BCUT2D eigenvalue weighted by Gasteiger charge is -2.16. The summed E-state index contributed by atoms with van der Waals surface area (Å²) < 4.78 is 16.9. The molecule has 2 rings (SSSR count). The van der Waals surface area contributed by atoms with Gasteiger partial charge in [-0.2, -0.15) is 5.10 Å². The fourth-order valence-electron chi connectivity index (χ4n) is 2.34. The van der Waals surface area contributed by atoms with E-state index in [1.807, 2.05) is 26.8 Å². The first-order chi connectivity index (χ1) is 13.1. The Hall–Kier alpha value is -2.73. The summed E-state index contributed by atoms with van der Waals surface area (Å²) in [5.41, 5.74) is 3.63. The smallest absolute Gasteiger partial charge is 0.271 e. The van der Waals surface area contributed by atoms with Gasteiger partial charge in [0.1, 0.15) is 0 Å². The van der Waals surface area contributed by atoms with E-state index >= 15 is 0 Å².